The van der Waals surface area contributed by atoms with Gasteiger partial charge >= 0.3 is 5.97 Å². The van der Waals surface area contributed by atoms with Gasteiger partial charge in [-0.1, -0.05) is 29.4 Å². The highest BCUT2D eigenvalue weighted by molar-refractivity contribution is 5.72. The van der Waals surface area contributed by atoms with Crippen LogP contribution in [0.2, 0.25) is 0 Å². The smallest absolute Gasteiger partial charge is 0.306 e. The van der Waals surface area contributed by atoms with Crippen LogP contribution in [0.5, 0.6) is 0 Å². The van der Waals surface area contributed by atoms with Gasteiger partial charge < -0.3 is 4.74 Å². The zero-order valence-corrected chi connectivity index (χ0v) is 10.5. The van der Waals surface area contributed by atoms with Crippen LogP contribution in [0.1, 0.15) is 29.9 Å². The number of hydrogen-bond donors (Lipinski definition) is 0. The SMILES string of the molecule is [N-]=[N+]=NCC[C@@H]1c2ccccc2C[C@H]2CC(=O)O[C@H]21. The Morgan fingerprint density at radius 3 is 3.05 bits per heavy atom. The molecule has 3 atom stereocenters. The molecule has 0 amide bonds. The summed E-state index contributed by atoms with van der Waals surface area (Å²) in [7, 11) is 0. The van der Waals surface area contributed by atoms with E-state index in [1.807, 2.05) is 12.1 Å². The molecule has 3 rings (SSSR count). The average molecular weight is 257 g/mol. The topological polar surface area (TPSA) is 75.1 Å². The Morgan fingerprint density at radius 2 is 2.21 bits per heavy atom. The third-order valence-electron chi connectivity index (χ3n) is 4.10. The van der Waals surface area contributed by atoms with Crippen LogP contribution in [0.25, 0.3) is 10.4 Å². The molecule has 0 bridgehead atoms. The molecule has 1 fully saturated rings. The van der Waals surface area contributed by atoms with E-state index in [0.29, 0.717) is 13.0 Å². The molecule has 98 valence electrons. The van der Waals surface area contributed by atoms with E-state index in [4.69, 9.17) is 10.3 Å². The molecule has 0 saturated carbocycles. The Kier molecular flexibility index (Phi) is 3.13. The third-order valence-corrected chi connectivity index (χ3v) is 4.10. The minimum Gasteiger partial charge on any atom is -0.461 e. The number of carbonyl (C=O) groups is 1. The molecule has 0 N–H and O–H groups in total. The van der Waals surface area contributed by atoms with Crippen LogP contribution in [0.4, 0.5) is 0 Å². The summed E-state index contributed by atoms with van der Waals surface area (Å²) in [5, 5.41) is 3.61. The first kappa shape index (κ1) is 12.1. The molecule has 5 nitrogen and oxygen atoms in total. The van der Waals surface area contributed by atoms with Crippen molar-refractivity contribution in [3.8, 4) is 0 Å². The predicted octanol–water partition coefficient (Wildman–Crippen LogP) is 2.96. The van der Waals surface area contributed by atoms with Crippen LogP contribution in [0.3, 0.4) is 0 Å². The molecule has 19 heavy (non-hydrogen) atoms. The average Bonchev–Trinajstić information content (AvgIpc) is 2.78. The summed E-state index contributed by atoms with van der Waals surface area (Å²) in [6.07, 6.45) is 2.10. The van der Waals surface area contributed by atoms with Gasteiger partial charge in [0, 0.05) is 23.3 Å². The molecule has 2 aliphatic rings. The monoisotopic (exact) mass is 257 g/mol. The second-order valence-electron chi connectivity index (χ2n) is 5.17. The van der Waals surface area contributed by atoms with Crippen molar-refractivity contribution in [2.75, 3.05) is 6.54 Å². The molecule has 0 unspecified atom stereocenters. The molecular formula is C14H15N3O2. The lowest BCUT2D eigenvalue weighted by molar-refractivity contribution is -0.142. The van der Waals surface area contributed by atoms with Gasteiger partial charge in [0.15, 0.2) is 0 Å². The fourth-order valence-corrected chi connectivity index (χ4v) is 3.33. The molecule has 5 heteroatoms. The summed E-state index contributed by atoms with van der Waals surface area (Å²) >= 11 is 0. The summed E-state index contributed by atoms with van der Waals surface area (Å²) < 4.78 is 5.49. The first-order chi connectivity index (χ1) is 9.29. The lowest BCUT2D eigenvalue weighted by Gasteiger charge is -2.33. The van der Waals surface area contributed by atoms with Gasteiger partial charge in [-0.15, -0.1) is 0 Å². The van der Waals surface area contributed by atoms with Gasteiger partial charge in [-0.3, -0.25) is 4.79 Å². The maximum atomic E-state index is 11.5. The fraction of sp³-hybridized carbons (Fsp3) is 0.500. The zero-order valence-electron chi connectivity index (χ0n) is 10.5. The fourth-order valence-electron chi connectivity index (χ4n) is 3.33. The van der Waals surface area contributed by atoms with Crippen LogP contribution in [0.15, 0.2) is 29.4 Å². The van der Waals surface area contributed by atoms with E-state index in [-0.39, 0.29) is 23.9 Å². The lowest BCUT2D eigenvalue weighted by atomic mass is 9.73. The van der Waals surface area contributed by atoms with Crippen molar-refractivity contribution in [2.45, 2.75) is 31.3 Å². The van der Waals surface area contributed by atoms with Crippen molar-refractivity contribution in [3.63, 3.8) is 0 Å². The number of ether oxygens (including phenoxy) is 1. The van der Waals surface area contributed by atoms with Gasteiger partial charge in [0.05, 0.1) is 6.42 Å². The van der Waals surface area contributed by atoms with Gasteiger partial charge in [-0.25, -0.2) is 0 Å². The lowest BCUT2D eigenvalue weighted by Crippen LogP contribution is -2.32. The zero-order chi connectivity index (χ0) is 13.2. The van der Waals surface area contributed by atoms with Gasteiger partial charge in [0.1, 0.15) is 6.10 Å². The Morgan fingerprint density at radius 1 is 1.37 bits per heavy atom. The Hall–Kier alpha value is -2.00. The quantitative estimate of drug-likeness (QED) is 0.361. The Balaban J connectivity index is 1.92. The summed E-state index contributed by atoms with van der Waals surface area (Å²) in [4.78, 5) is 14.3. The number of hydrogen-bond acceptors (Lipinski definition) is 3. The van der Waals surface area contributed by atoms with Crippen molar-refractivity contribution in [1.29, 1.82) is 0 Å². The standard InChI is InChI=1S/C14H15N3O2/c15-17-16-6-5-12-11-4-2-1-3-9(11)7-10-8-13(18)19-14(10)12/h1-4,10,12,14H,5-8H2/t10-,12+,14+/m0/s1. The van der Waals surface area contributed by atoms with Crippen LogP contribution in [-0.4, -0.2) is 18.6 Å². The van der Waals surface area contributed by atoms with Crippen LogP contribution in [-0.2, 0) is 16.0 Å². The molecule has 0 spiro atoms. The second-order valence-corrected chi connectivity index (χ2v) is 5.17. The van der Waals surface area contributed by atoms with E-state index in [9.17, 15) is 4.79 Å². The summed E-state index contributed by atoms with van der Waals surface area (Å²) in [6.45, 7) is 0.441. The predicted molar refractivity (Wildman–Crippen MR) is 69.5 cm³/mol. The van der Waals surface area contributed by atoms with E-state index in [1.54, 1.807) is 0 Å². The maximum Gasteiger partial charge on any atom is 0.306 e. The van der Waals surface area contributed by atoms with Crippen molar-refractivity contribution in [1.82, 2.24) is 0 Å². The number of fused-ring (bicyclic) bond motifs is 2. The Labute approximate surface area is 111 Å². The van der Waals surface area contributed by atoms with E-state index >= 15 is 0 Å². The molecule has 1 saturated heterocycles. The Bertz CT molecular complexity index is 551. The van der Waals surface area contributed by atoms with E-state index in [0.717, 1.165) is 12.8 Å². The van der Waals surface area contributed by atoms with E-state index in [2.05, 4.69) is 22.2 Å². The number of benzene rings is 1. The molecule has 1 aromatic carbocycles. The van der Waals surface area contributed by atoms with Crippen LogP contribution in [0, 0.1) is 5.92 Å². The van der Waals surface area contributed by atoms with E-state index in [1.165, 1.54) is 11.1 Å². The molecular weight excluding hydrogens is 242 g/mol. The molecule has 1 aliphatic heterocycles. The van der Waals surface area contributed by atoms with Gasteiger partial charge in [-0.2, -0.15) is 0 Å². The summed E-state index contributed by atoms with van der Waals surface area (Å²) in [5.74, 6) is 0.335. The second kappa shape index (κ2) is 4.94. The van der Waals surface area contributed by atoms with Crippen molar-refractivity contribution in [2.24, 2.45) is 11.0 Å². The molecule has 1 aromatic rings. The first-order valence-corrected chi connectivity index (χ1v) is 6.57. The third kappa shape index (κ3) is 2.17. The minimum atomic E-state index is -0.100. The number of rotatable bonds is 3. The van der Waals surface area contributed by atoms with Crippen LogP contribution >= 0.6 is 0 Å². The number of carbonyl (C=O) groups excluding carboxylic acids is 1. The number of esters is 1. The van der Waals surface area contributed by atoms with Gasteiger partial charge in [0.2, 0.25) is 0 Å². The molecule has 0 radical (unpaired) electrons. The van der Waals surface area contributed by atoms with Crippen LogP contribution < -0.4 is 0 Å². The summed E-state index contributed by atoms with van der Waals surface area (Å²) in [6, 6.07) is 8.26. The van der Waals surface area contributed by atoms with Gasteiger partial charge in [-0.05, 0) is 29.5 Å². The minimum absolute atomic E-state index is 0.0451. The maximum absolute atomic E-state index is 11.5. The van der Waals surface area contributed by atoms with Gasteiger partial charge in [0.25, 0.3) is 0 Å². The first-order valence-electron chi connectivity index (χ1n) is 6.57. The van der Waals surface area contributed by atoms with Crippen molar-refractivity contribution >= 4 is 5.97 Å². The van der Waals surface area contributed by atoms with E-state index < -0.39 is 0 Å². The number of nitrogens with zero attached hydrogens (tertiary/aromatic N) is 3. The summed E-state index contributed by atoms with van der Waals surface area (Å²) in [5.41, 5.74) is 10.9. The highest BCUT2D eigenvalue weighted by atomic mass is 16.6. The largest absolute Gasteiger partial charge is 0.461 e. The van der Waals surface area contributed by atoms with Crippen molar-refractivity contribution in [3.05, 3.63) is 45.8 Å². The normalized spacial score (nSPS) is 28.0. The molecule has 0 aromatic heterocycles. The number of azide groups is 1. The molecule has 1 aliphatic carbocycles. The highest BCUT2D eigenvalue weighted by Crippen LogP contribution is 2.43. The molecule has 1 heterocycles. The van der Waals surface area contributed by atoms with Crippen molar-refractivity contribution < 1.29 is 9.53 Å². The highest BCUT2D eigenvalue weighted by Gasteiger charge is 2.44.